The van der Waals surface area contributed by atoms with Crippen LogP contribution in [0, 0.1) is 11.8 Å². The summed E-state index contributed by atoms with van der Waals surface area (Å²) in [4.78, 5) is 13.9. The number of piperidine rings is 1. The molecule has 2 fully saturated rings. The van der Waals surface area contributed by atoms with Gasteiger partial charge in [0.05, 0.1) is 0 Å². The second-order valence-corrected chi connectivity index (χ2v) is 6.47. The lowest BCUT2D eigenvalue weighted by Gasteiger charge is -2.47. The fourth-order valence-electron chi connectivity index (χ4n) is 3.71. The first kappa shape index (κ1) is 13.9. The third kappa shape index (κ3) is 3.47. The molecule has 0 spiro atoms. The molecular formula is C15H28N2O. The molecule has 3 heteroatoms. The van der Waals surface area contributed by atoms with Crippen molar-refractivity contribution in [1.82, 2.24) is 10.2 Å². The Balaban J connectivity index is 1.90. The summed E-state index contributed by atoms with van der Waals surface area (Å²) in [5, 5.41) is 3.13. The van der Waals surface area contributed by atoms with Gasteiger partial charge in [0.15, 0.2) is 0 Å². The monoisotopic (exact) mass is 252 g/mol. The number of nitrogens with one attached hydrogen (secondary N) is 1. The van der Waals surface area contributed by atoms with Gasteiger partial charge in [0.25, 0.3) is 0 Å². The number of hydrogen-bond acceptors (Lipinski definition) is 2. The van der Waals surface area contributed by atoms with Crippen molar-refractivity contribution in [2.75, 3.05) is 13.1 Å². The summed E-state index contributed by atoms with van der Waals surface area (Å²) in [5.74, 6) is 1.80. The van der Waals surface area contributed by atoms with Crippen LogP contribution in [0.1, 0.15) is 52.9 Å². The lowest BCUT2D eigenvalue weighted by atomic mass is 9.78. The first-order valence-corrected chi connectivity index (χ1v) is 7.59. The van der Waals surface area contributed by atoms with E-state index in [9.17, 15) is 4.79 Å². The van der Waals surface area contributed by atoms with Crippen LogP contribution < -0.4 is 5.32 Å². The van der Waals surface area contributed by atoms with Gasteiger partial charge in [-0.1, -0.05) is 20.3 Å². The lowest BCUT2D eigenvalue weighted by molar-refractivity contribution is -0.120. The van der Waals surface area contributed by atoms with Crippen LogP contribution in [0.4, 0.5) is 0 Å². The minimum Gasteiger partial charge on any atom is -0.352 e. The minimum atomic E-state index is 0.124. The highest BCUT2D eigenvalue weighted by molar-refractivity contribution is 5.73. The zero-order valence-corrected chi connectivity index (χ0v) is 12.1. The van der Waals surface area contributed by atoms with E-state index in [0.717, 1.165) is 24.4 Å². The van der Waals surface area contributed by atoms with Gasteiger partial charge in [0.1, 0.15) is 0 Å². The molecule has 0 aromatic rings. The Morgan fingerprint density at radius 1 is 1.28 bits per heavy atom. The normalized spacial score (nSPS) is 37.1. The number of likely N-dealkylation sites (tertiary alicyclic amines) is 1. The van der Waals surface area contributed by atoms with E-state index in [2.05, 4.69) is 24.1 Å². The van der Waals surface area contributed by atoms with E-state index in [1.165, 1.54) is 38.6 Å². The third-order valence-corrected chi connectivity index (χ3v) is 4.54. The topological polar surface area (TPSA) is 32.3 Å². The fourth-order valence-corrected chi connectivity index (χ4v) is 3.71. The molecule has 1 aliphatic heterocycles. The number of carbonyl (C=O) groups excluding carboxylic acids is 1. The molecule has 2 rings (SSSR count). The molecule has 0 radical (unpaired) electrons. The van der Waals surface area contributed by atoms with E-state index in [1.807, 2.05) is 0 Å². The van der Waals surface area contributed by atoms with Crippen molar-refractivity contribution < 1.29 is 4.79 Å². The molecule has 0 bridgehead atoms. The number of hydrogen-bond donors (Lipinski definition) is 1. The van der Waals surface area contributed by atoms with Crippen molar-refractivity contribution in [2.24, 2.45) is 11.8 Å². The van der Waals surface area contributed by atoms with Gasteiger partial charge in [-0.15, -0.1) is 0 Å². The molecule has 1 aliphatic carbocycles. The maximum absolute atomic E-state index is 11.3. The summed E-state index contributed by atoms with van der Waals surface area (Å²) >= 11 is 0. The molecule has 2 atom stereocenters. The molecule has 1 heterocycles. The predicted molar refractivity (Wildman–Crippen MR) is 74.4 cm³/mol. The number of nitrogens with zero attached hydrogens (tertiary/aromatic N) is 1. The summed E-state index contributed by atoms with van der Waals surface area (Å²) in [6.45, 7) is 8.56. The van der Waals surface area contributed by atoms with E-state index < -0.39 is 0 Å². The molecule has 18 heavy (non-hydrogen) atoms. The van der Waals surface area contributed by atoms with Crippen molar-refractivity contribution in [3.05, 3.63) is 0 Å². The van der Waals surface area contributed by atoms with E-state index in [-0.39, 0.29) is 5.91 Å². The summed E-state index contributed by atoms with van der Waals surface area (Å²) in [7, 11) is 0. The van der Waals surface area contributed by atoms with Gasteiger partial charge < -0.3 is 5.32 Å². The quantitative estimate of drug-likeness (QED) is 0.833. The maximum Gasteiger partial charge on any atom is 0.217 e. The van der Waals surface area contributed by atoms with Crippen LogP contribution in [0.5, 0.6) is 0 Å². The number of carbonyl (C=O) groups is 1. The highest BCUT2D eigenvalue weighted by atomic mass is 16.1. The van der Waals surface area contributed by atoms with Gasteiger partial charge in [0, 0.05) is 32.1 Å². The zero-order valence-electron chi connectivity index (χ0n) is 12.1. The van der Waals surface area contributed by atoms with Crippen molar-refractivity contribution in [1.29, 1.82) is 0 Å². The Bertz CT molecular complexity index is 286. The fraction of sp³-hybridized carbons (Fsp3) is 0.933. The predicted octanol–water partition coefficient (Wildman–Crippen LogP) is 2.41. The molecule has 1 amide bonds. The number of amides is 1. The van der Waals surface area contributed by atoms with Crippen LogP contribution in [0.2, 0.25) is 0 Å². The highest BCUT2D eigenvalue weighted by Gasteiger charge is 2.36. The van der Waals surface area contributed by atoms with Crippen LogP contribution in [0.3, 0.4) is 0 Å². The first-order chi connectivity index (χ1) is 8.58. The molecule has 104 valence electrons. The largest absolute Gasteiger partial charge is 0.352 e. The molecule has 2 unspecified atom stereocenters. The summed E-state index contributed by atoms with van der Waals surface area (Å²) in [5.41, 5.74) is 0. The van der Waals surface area contributed by atoms with Crippen molar-refractivity contribution >= 4 is 5.91 Å². The van der Waals surface area contributed by atoms with E-state index in [1.54, 1.807) is 6.92 Å². The van der Waals surface area contributed by atoms with Gasteiger partial charge in [0.2, 0.25) is 5.91 Å². The molecular weight excluding hydrogens is 224 g/mol. The Morgan fingerprint density at radius 2 is 2.00 bits per heavy atom. The molecule has 1 saturated carbocycles. The van der Waals surface area contributed by atoms with E-state index >= 15 is 0 Å². The van der Waals surface area contributed by atoms with Crippen LogP contribution in [-0.2, 0) is 4.79 Å². The van der Waals surface area contributed by atoms with Crippen LogP contribution in [0.15, 0.2) is 0 Å². The van der Waals surface area contributed by atoms with Gasteiger partial charge in [-0.25, -0.2) is 0 Å². The number of rotatable bonds is 4. The summed E-state index contributed by atoms with van der Waals surface area (Å²) in [6.07, 6.45) is 6.44. The summed E-state index contributed by atoms with van der Waals surface area (Å²) < 4.78 is 0. The van der Waals surface area contributed by atoms with E-state index in [4.69, 9.17) is 0 Å². The molecule has 0 aromatic carbocycles. The van der Waals surface area contributed by atoms with Crippen LogP contribution in [-0.4, -0.2) is 36.0 Å². The molecule has 3 nitrogen and oxygen atoms in total. The van der Waals surface area contributed by atoms with Crippen molar-refractivity contribution in [3.8, 4) is 0 Å². The van der Waals surface area contributed by atoms with E-state index in [0.29, 0.717) is 6.04 Å². The van der Waals surface area contributed by atoms with Crippen molar-refractivity contribution in [3.63, 3.8) is 0 Å². The second kappa shape index (κ2) is 6.05. The highest BCUT2D eigenvalue weighted by Crippen LogP contribution is 2.34. The summed E-state index contributed by atoms with van der Waals surface area (Å²) in [6, 6.07) is 1.17. The molecule has 1 N–H and O–H groups in total. The Hall–Kier alpha value is -0.570. The van der Waals surface area contributed by atoms with Gasteiger partial charge in [-0.2, -0.15) is 0 Å². The Labute approximate surface area is 111 Å². The van der Waals surface area contributed by atoms with Gasteiger partial charge in [-0.05, 0) is 37.5 Å². The van der Waals surface area contributed by atoms with Crippen molar-refractivity contribution in [2.45, 2.75) is 65.0 Å². The SMILES string of the molecule is CCCC1CC(NC(C)=O)CN(C2CC(C)C2)C1. The Kier molecular flexibility index (Phi) is 4.66. The van der Waals surface area contributed by atoms with Crippen LogP contribution in [0.25, 0.3) is 0 Å². The second-order valence-electron chi connectivity index (χ2n) is 6.47. The maximum atomic E-state index is 11.3. The van der Waals surface area contributed by atoms with Crippen LogP contribution >= 0.6 is 0 Å². The van der Waals surface area contributed by atoms with Gasteiger partial charge in [-0.3, -0.25) is 9.69 Å². The molecule has 1 saturated heterocycles. The van der Waals surface area contributed by atoms with Gasteiger partial charge >= 0.3 is 0 Å². The minimum absolute atomic E-state index is 0.124. The smallest absolute Gasteiger partial charge is 0.217 e. The standard InChI is InChI=1S/C15H28N2O/c1-4-5-13-8-14(16-12(3)18)10-17(9-13)15-6-11(2)7-15/h11,13-15H,4-10H2,1-3H3,(H,16,18). The first-order valence-electron chi connectivity index (χ1n) is 7.59. The third-order valence-electron chi connectivity index (χ3n) is 4.54. The Morgan fingerprint density at radius 3 is 2.56 bits per heavy atom. The molecule has 2 aliphatic rings. The average molecular weight is 252 g/mol. The average Bonchev–Trinajstić information content (AvgIpc) is 2.24. The zero-order chi connectivity index (χ0) is 13.1. The molecule has 0 aromatic heterocycles. The lowest BCUT2D eigenvalue weighted by Crippen LogP contribution is -2.56.